The van der Waals surface area contributed by atoms with Crippen LogP contribution < -0.4 is 10.1 Å². The summed E-state index contributed by atoms with van der Waals surface area (Å²) in [5.41, 5.74) is 3.08. The molecule has 0 bridgehead atoms. The normalized spacial score (nSPS) is 10.9. The fourth-order valence-corrected chi connectivity index (χ4v) is 3.61. The van der Waals surface area contributed by atoms with Gasteiger partial charge in [-0.3, -0.25) is 9.59 Å². The van der Waals surface area contributed by atoms with Crippen LogP contribution in [0.1, 0.15) is 35.5 Å². The molecule has 0 aliphatic heterocycles. The van der Waals surface area contributed by atoms with E-state index in [-0.39, 0.29) is 24.2 Å². The third-order valence-electron chi connectivity index (χ3n) is 5.54. The maximum Gasteiger partial charge on any atom is 0.260 e. The van der Waals surface area contributed by atoms with Crippen LogP contribution in [-0.4, -0.2) is 41.0 Å². The maximum absolute atomic E-state index is 13.1. The monoisotopic (exact) mass is 425 g/mol. The number of fused-ring (bicyclic) bond motifs is 1. The van der Waals surface area contributed by atoms with Crippen molar-refractivity contribution in [3.63, 3.8) is 0 Å². The van der Waals surface area contributed by atoms with Crippen LogP contribution in [0.5, 0.6) is 5.75 Å². The highest BCUT2D eigenvalue weighted by atomic mass is 19.1. The molecule has 0 radical (unpaired) electrons. The molecule has 0 spiro atoms. The number of benzene rings is 2. The molecule has 0 saturated carbocycles. The molecular weight excluding hydrogens is 397 g/mol. The smallest absolute Gasteiger partial charge is 0.260 e. The number of likely N-dealkylation sites (N-methyl/N-ethyl adjacent to an activating group) is 1. The second-order valence-electron chi connectivity index (χ2n) is 7.36. The first-order chi connectivity index (χ1) is 14.8. The summed E-state index contributed by atoms with van der Waals surface area (Å²) in [6, 6.07) is 11.5. The molecule has 1 aromatic heterocycles. The Hall–Kier alpha value is -3.35. The fraction of sp³-hybridized carbons (Fsp3) is 0.333. The summed E-state index contributed by atoms with van der Waals surface area (Å²) in [6.45, 7) is 7.25. The van der Waals surface area contributed by atoms with E-state index in [2.05, 4.69) is 5.32 Å². The molecule has 3 rings (SSSR count). The molecule has 2 amide bonds. The highest BCUT2D eigenvalue weighted by Gasteiger charge is 2.19. The summed E-state index contributed by atoms with van der Waals surface area (Å²) in [7, 11) is 1.90. The Morgan fingerprint density at radius 3 is 2.42 bits per heavy atom. The van der Waals surface area contributed by atoms with Crippen LogP contribution in [0.25, 0.3) is 10.9 Å². The van der Waals surface area contributed by atoms with Crippen LogP contribution in [-0.2, 0) is 18.4 Å². The average molecular weight is 426 g/mol. The van der Waals surface area contributed by atoms with E-state index in [1.807, 2.05) is 38.5 Å². The Morgan fingerprint density at radius 2 is 1.77 bits per heavy atom. The SMILES string of the molecule is CCN(CC)C(=O)COc1ccc2c(c1)c(C(=O)NCc1ccc(F)cc1)c(C)n2C. The van der Waals surface area contributed by atoms with E-state index >= 15 is 0 Å². The van der Waals surface area contributed by atoms with E-state index in [1.54, 1.807) is 29.2 Å². The van der Waals surface area contributed by atoms with E-state index in [4.69, 9.17) is 4.74 Å². The molecule has 1 heterocycles. The number of aromatic nitrogens is 1. The number of ether oxygens (including phenoxy) is 1. The molecule has 7 heteroatoms. The lowest BCUT2D eigenvalue weighted by Crippen LogP contribution is -2.34. The predicted octanol–water partition coefficient (Wildman–Crippen LogP) is 3.80. The van der Waals surface area contributed by atoms with E-state index in [0.717, 1.165) is 22.2 Å². The van der Waals surface area contributed by atoms with Crippen molar-refractivity contribution in [3.05, 3.63) is 65.1 Å². The third kappa shape index (κ3) is 4.87. The standard InChI is InChI=1S/C24H28FN3O3/c1-5-28(6-2)22(29)15-31-19-11-12-21-20(13-19)23(16(3)27(21)4)24(30)26-14-17-7-9-18(25)10-8-17/h7-13H,5-6,14-15H2,1-4H3,(H,26,30). The van der Waals surface area contributed by atoms with Crippen LogP contribution in [0, 0.1) is 12.7 Å². The molecule has 3 aromatic rings. The van der Waals surface area contributed by atoms with Crippen LogP contribution >= 0.6 is 0 Å². The molecule has 0 atom stereocenters. The minimum Gasteiger partial charge on any atom is -0.484 e. The van der Waals surface area contributed by atoms with Gasteiger partial charge in [0.05, 0.1) is 5.56 Å². The highest BCUT2D eigenvalue weighted by Crippen LogP contribution is 2.29. The van der Waals surface area contributed by atoms with Gasteiger partial charge in [0, 0.05) is 43.3 Å². The summed E-state index contributed by atoms with van der Waals surface area (Å²) in [6.07, 6.45) is 0. The van der Waals surface area contributed by atoms with Gasteiger partial charge in [-0.25, -0.2) is 4.39 Å². The number of halogens is 1. The van der Waals surface area contributed by atoms with E-state index in [9.17, 15) is 14.0 Å². The zero-order valence-electron chi connectivity index (χ0n) is 18.4. The quantitative estimate of drug-likeness (QED) is 0.597. The Labute approximate surface area is 181 Å². The second-order valence-corrected chi connectivity index (χ2v) is 7.36. The van der Waals surface area contributed by atoms with Crippen molar-refractivity contribution in [2.75, 3.05) is 19.7 Å². The molecule has 1 N–H and O–H groups in total. The lowest BCUT2D eigenvalue weighted by molar-refractivity contribution is -0.132. The number of hydrogen-bond donors (Lipinski definition) is 1. The summed E-state index contributed by atoms with van der Waals surface area (Å²) in [5, 5.41) is 3.66. The molecule has 0 aliphatic rings. The van der Waals surface area contributed by atoms with Crippen molar-refractivity contribution in [1.82, 2.24) is 14.8 Å². The van der Waals surface area contributed by atoms with Gasteiger partial charge in [0.1, 0.15) is 11.6 Å². The van der Waals surface area contributed by atoms with E-state index < -0.39 is 0 Å². The Bertz CT molecular complexity index is 1090. The summed E-state index contributed by atoms with van der Waals surface area (Å²) >= 11 is 0. The van der Waals surface area contributed by atoms with Crippen molar-refractivity contribution in [1.29, 1.82) is 0 Å². The summed E-state index contributed by atoms with van der Waals surface area (Å²) < 4.78 is 20.8. The third-order valence-corrected chi connectivity index (χ3v) is 5.54. The number of carbonyl (C=O) groups excluding carboxylic acids is 2. The van der Waals surface area contributed by atoms with Gasteiger partial charge in [-0.05, 0) is 56.7 Å². The molecule has 2 aromatic carbocycles. The van der Waals surface area contributed by atoms with E-state index in [1.165, 1.54) is 12.1 Å². The first-order valence-corrected chi connectivity index (χ1v) is 10.4. The minimum atomic E-state index is -0.313. The first-order valence-electron chi connectivity index (χ1n) is 10.4. The van der Waals surface area contributed by atoms with Gasteiger partial charge in [0.25, 0.3) is 11.8 Å². The molecule has 0 saturated heterocycles. The number of carbonyl (C=O) groups is 2. The van der Waals surface area contributed by atoms with Gasteiger partial charge in [-0.1, -0.05) is 12.1 Å². The Balaban J connectivity index is 1.81. The number of aryl methyl sites for hydroxylation is 1. The molecule has 6 nitrogen and oxygen atoms in total. The average Bonchev–Trinajstić information content (AvgIpc) is 3.02. The molecular formula is C24H28FN3O3. The Morgan fingerprint density at radius 1 is 1.10 bits per heavy atom. The first kappa shape index (κ1) is 22.3. The van der Waals surface area contributed by atoms with Gasteiger partial charge in [0.2, 0.25) is 0 Å². The molecule has 0 aliphatic carbocycles. The van der Waals surface area contributed by atoms with Gasteiger partial charge in [-0.15, -0.1) is 0 Å². The van der Waals surface area contributed by atoms with Crippen molar-refractivity contribution >= 4 is 22.7 Å². The van der Waals surface area contributed by atoms with E-state index in [0.29, 0.717) is 30.9 Å². The minimum absolute atomic E-state index is 0.0505. The molecule has 0 fully saturated rings. The van der Waals surface area contributed by atoms with Crippen molar-refractivity contribution in [2.45, 2.75) is 27.3 Å². The topological polar surface area (TPSA) is 63.6 Å². The van der Waals surface area contributed by atoms with Gasteiger partial charge in [0.15, 0.2) is 6.61 Å². The number of hydrogen-bond acceptors (Lipinski definition) is 3. The van der Waals surface area contributed by atoms with Crippen LogP contribution in [0.15, 0.2) is 42.5 Å². The van der Waals surface area contributed by atoms with Gasteiger partial charge >= 0.3 is 0 Å². The van der Waals surface area contributed by atoms with Crippen LogP contribution in [0.2, 0.25) is 0 Å². The number of amides is 2. The van der Waals surface area contributed by atoms with Gasteiger partial charge in [-0.2, -0.15) is 0 Å². The zero-order valence-corrected chi connectivity index (χ0v) is 18.4. The van der Waals surface area contributed by atoms with Crippen molar-refractivity contribution in [2.24, 2.45) is 7.05 Å². The number of nitrogens with one attached hydrogen (secondary N) is 1. The highest BCUT2D eigenvalue weighted by molar-refractivity contribution is 6.08. The summed E-state index contributed by atoms with van der Waals surface area (Å²) in [5.74, 6) is -0.0754. The van der Waals surface area contributed by atoms with Crippen LogP contribution in [0.3, 0.4) is 0 Å². The van der Waals surface area contributed by atoms with Crippen LogP contribution in [0.4, 0.5) is 4.39 Å². The lowest BCUT2D eigenvalue weighted by atomic mass is 10.1. The van der Waals surface area contributed by atoms with Crippen molar-refractivity contribution < 1.29 is 18.7 Å². The number of rotatable bonds is 8. The summed E-state index contributed by atoms with van der Waals surface area (Å²) in [4.78, 5) is 26.9. The molecule has 0 unspecified atom stereocenters. The van der Waals surface area contributed by atoms with Gasteiger partial charge < -0.3 is 19.5 Å². The second kappa shape index (κ2) is 9.64. The maximum atomic E-state index is 13.1. The predicted molar refractivity (Wildman–Crippen MR) is 119 cm³/mol. The fourth-order valence-electron chi connectivity index (χ4n) is 3.61. The molecule has 164 valence electrons. The number of nitrogens with zero attached hydrogens (tertiary/aromatic N) is 2. The molecule has 31 heavy (non-hydrogen) atoms. The van der Waals surface area contributed by atoms with Crippen molar-refractivity contribution in [3.8, 4) is 5.75 Å². The Kier molecular flexibility index (Phi) is 6.95. The largest absolute Gasteiger partial charge is 0.484 e. The lowest BCUT2D eigenvalue weighted by Gasteiger charge is -2.18. The zero-order chi connectivity index (χ0) is 22.5.